The topological polar surface area (TPSA) is 34.9 Å². The molecule has 0 atom stereocenters. The number of rotatable bonds is 1. The molecular weight excluding hydrogens is 233 g/mol. The number of halogens is 4. The van der Waals surface area contributed by atoms with E-state index in [1.807, 2.05) is 0 Å². The quantitative estimate of drug-likeness (QED) is 0.756. The van der Waals surface area contributed by atoms with E-state index in [-0.39, 0.29) is 6.04 Å². The molecule has 0 unspecified atom stereocenters. The van der Waals surface area contributed by atoms with Crippen molar-refractivity contribution >= 4 is 11.6 Å². The second-order valence-corrected chi connectivity index (χ2v) is 3.59. The molecular formula is C8H8ClF3N2O. The van der Waals surface area contributed by atoms with Gasteiger partial charge in [-0.1, -0.05) is 11.6 Å². The largest absolute Gasteiger partial charge is 0.435 e. The number of hydrogen-bond acceptors (Lipinski definition) is 2. The molecule has 0 spiro atoms. The summed E-state index contributed by atoms with van der Waals surface area (Å²) in [6.07, 6.45) is -3.85. The lowest BCUT2D eigenvalue weighted by Crippen LogP contribution is -2.26. The predicted octanol–water partition coefficient (Wildman–Crippen LogP) is 2.50. The third kappa shape index (κ3) is 2.31. The molecule has 15 heavy (non-hydrogen) atoms. The van der Waals surface area contributed by atoms with E-state index in [9.17, 15) is 18.0 Å². The fourth-order valence-corrected chi connectivity index (χ4v) is 1.26. The molecule has 0 N–H and O–H groups in total. The molecule has 0 saturated heterocycles. The van der Waals surface area contributed by atoms with Crippen molar-refractivity contribution in [2.24, 2.45) is 0 Å². The Morgan fingerprint density at radius 2 is 2.00 bits per heavy atom. The maximum Gasteiger partial charge on any atom is 0.435 e. The Kier molecular flexibility index (Phi) is 3.08. The lowest BCUT2D eigenvalue weighted by molar-refractivity contribution is -0.141. The molecule has 1 aromatic rings. The molecule has 84 valence electrons. The monoisotopic (exact) mass is 240 g/mol. The van der Waals surface area contributed by atoms with Crippen LogP contribution in [0.5, 0.6) is 0 Å². The number of hydrogen-bond donors (Lipinski definition) is 0. The zero-order chi connectivity index (χ0) is 11.8. The van der Waals surface area contributed by atoms with Crippen LogP contribution in [0.2, 0.25) is 5.02 Å². The summed E-state index contributed by atoms with van der Waals surface area (Å²) in [5, 5.41) is -0.890. The van der Waals surface area contributed by atoms with Gasteiger partial charge in [-0.3, -0.25) is 9.36 Å². The van der Waals surface area contributed by atoms with Gasteiger partial charge in [-0.15, -0.1) is 0 Å². The minimum atomic E-state index is -4.70. The summed E-state index contributed by atoms with van der Waals surface area (Å²) in [5.41, 5.74) is -2.22. The van der Waals surface area contributed by atoms with Crippen LogP contribution in [0, 0.1) is 0 Å². The molecule has 1 rings (SSSR count). The van der Waals surface area contributed by atoms with Gasteiger partial charge in [0.2, 0.25) is 0 Å². The lowest BCUT2D eigenvalue weighted by atomic mass is 10.3. The van der Waals surface area contributed by atoms with Gasteiger partial charge >= 0.3 is 6.18 Å². The molecule has 0 aliphatic heterocycles. The zero-order valence-corrected chi connectivity index (χ0v) is 8.73. The standard InChI is InChI=1S/C8H8ClF3N2O/c1-4(2)14-3-13-6(8(10,11)12)5(9)7(14)15/h3-4H,1-2H3. The van der Waals surface area contributed by atoms with E-state index in [0.717, 1.165) is 10.9 Å². The van der Waals surface area contributed by atoms with Crippen molar-refractivity contribution in [1.29, 1.82) is 0 Å². The summed E-state index contributed by atoms with van der Waals surface area (Å²) in [7, 11) is 0. The zero-order valence-electron chi connectivity index (χ0n) is 7.97. The van der Waals surface area contributed by atoms with E-state index in [0.29, 0.717) is 0 Å². The van der Waals surface area contributed by atoms with E-state index in [1.165, 1.54) is 0 Å². The predicted molar refractivity (Wildman–Crippen MR) is 48.9 cm³/mol. The van der Waals surface area contributed by atoms with Gasteiger partial charge in [0.25, 0.3) is 5.56 Å². The minimum absolute atomic E-state index is 0.287. The SMILES string of the molecule is CC(C)n1cnc(C(F)(F)F)c(Cl)c1=O. The van der Waals surface area contributed by atoms with Crippen LogP contribution in [0.15, 0.2) is 11.1 Å². The van der Waals surface area contributed by atoms with Crippen LogP contribution in [0.3, 0.4) is 0 Å². The number of alkyl halides is 3. The van der Waals surface area contributed by atoms with E-state index >= 15 is 0 Å². The highest BCUT2D eigenvalue weighted by atomic mass is 35.5. The van der Waals surface area contributed by atoms with Crippen molar-refractivity contribution in [3.8, 4) is 0 Å². The van der Waals surface area contributed by atoms with Crippen LogP contribution in [-0.2, 0) is 6.18 Å². The van der Waals surface area contributed by atoms with Crippen LogP contribution < -0.4 is 5.56 Å². The Hall–Kier alpha value is -1.04. The maximum atomic E-state index is 12.3. The van der Waals surface area contributed by atoms with Crippen molar-refractivity contribution in [1.82, 2.24) is 9.55 Å². The first kappa shape index (κ1) is 12.0. The first-order valence-electron chi connectivity index (χ1n) is 4.09. The van der Waals surface area contributed by atoms with Crippen LogP contribution in [-0.4, -0.2) is 9.55 Å². The normalized spacial score (nSPS) is 12.2. The lowest BCUT2D eigenvalue weighted by Gasteiger charge is -2.12. The van der Waals surface area contributed by atoms with E-state index in [1.54, 1.807) is 13.8 Å². The van der Waals surface area contributed by atoms with Gasteiger partial charge in [0, 0.05) is 6.04 Å². The molecule has 0 saturated carbocycles. The van der Waals surface area contributed by atoms with Crippen LogP contribution in [0.25, 0.3) is 0 Å². The van der Waals surface area contributed by atoms with Gasteiger partial charge in [0.15, 0.2) is 5.69 Å². The smallest absolute Gasteiger partial charge is 0.295 e. The summed E-state index contributed by atoms with van der Waals surface area (Å²) in [6, 6.07) is -0.287. The van der Waals surface area contributed by atoms with Gasteiger partial charge in [-0.2, -0.15) is 13.2 Å². The Labute approximate surface area is 88.5 Å². The van der Waals surface area contributed by atoms with Gasteiger partial charge < -0.3 is 0 Å². The average molecular weight is 241 g/mol. The molecule has 0 aromatic carbocycles. The van der Waals surface area contributed by atoms with Crippen molar-refractivity contribution in [3.05, 3.63) is 27.4 Å². The first-order valence-corrected chi connectivity index (χ1v) is 4.46. The van der Waals surface area contributed by atoms with Crippen molar-refractivity contribution in [2.75, 3.05) is 0 Å². The molecule has 7 heteroatoms. The highest BCUT2D eigenvalue weighted by Gasteiger charge is 2.36. The van der Waals surface area contributed by atoms with E-state index in [2.05, 4.69) is 4.98 Å². The van der Waals surface area contributed by atoms with Gasteiger partial charge in [-0.25, -0.2) is 4.98 Å². The highest BCUT2D eigenvalue weighted by Crippen LogP contribution is 2.30. The summed E-state index contributed by atoms with van der Waals surface area (Å²) < 4.78 is 37.8. The molecule has 0 bridgehead atoms. The Bertz CT molecular complexity index is 425. The minimum Gasteiger partial charge on any atom is -0.295 e. The summed E-state index contributed by atoms with van der Waals surface area (Å²) in [4.78, 5) is 14.5. The summed E-state index contributed by atoms with van der Waals surface area (Å²) >= 11 is 5.31. The molecule has 0 amide bonds. The van der Waals surface area contributed by atoms with Gasteiger partial charge in [-0.05, 0) is 13.8 Å². The Morgan fingerprint density at radius 1 is 1.47 bits per heavy atom. The molecule has 0 fully saturated rings. The highest BCUT2D eigenvalue weighted by molar-refractivity contribution is 6.31. The molecule has 0 aliphatic rings. The second-order valence-electron chi connectivity index (χ2n) is 3.21. The molecule has 0 aliphatic carbocycles. The second kappa shape index (κ2) is 3.84. The Balaban J connectivity index is 3.42. The van der Waals surface area contributed by atoms with Gasteiger partial charge in [0.05, 0.1) is 6.33 Å². The van der Waals surface area contributed by atoms with E-state index < -0.39 is 22.5 Å². The number of nitrogens with zero attached hydrogens (tertiary/aromatic N) is 2. The maximum absolute atomic E-state index is 12.3. The average Bonchev–Trinajstić information content (AvgIpc) is 2.06. The summed E-state index contributed by atoms with van der Waals surface area (Å²) in [5.74, 6) is 0. The van der Waals surface area contributed by atoms with Crippen LogP contribution >= 0.6 is 11.6 Å². The van der Waals surface area contributed by atoms with Crippen LogP contribution in [0.1, 0.15) is 25.6 Å². The van der Waals surface area contributed by atoms with Crippen molar-refractivity contribution < 1.29 is 13.2 Å². The van der Waals surface area contributed by atoms with Crippen molar-refractivity contribution in [3.63, 3.8) is 0 Å². The van der Waals surface area contributed by atoms with Crippen molar-refractivity contribution in [2.45, 2.75) is 26.1 Å². The fraction of sp³-hybridized carbons (Fsp3) is 0.500. The molecule has 0 radical (unpaired) electrons. The molecule has 1 aromatic heterocycles. The van der Waals surface area contributed by atoms with E-state index in [4.69, 9.17) is 11.6 Å². The first-order chi connectivity index (χ1) is 6.75. The summed E-state index contributed by atoms with van der Waals surface area (Å²) in [6.45, 7) is 3.29. The fourth-order valence-electron chi connectivity index (χ4n) is 1.01. The van der Waals surface area contributed by atoms with Gasteiger partial charge in [0.1, 0.15) is 5.02 Å². The number of aromatic nitrogens is 2. The third-order valence-corrected chi connectivity index (χ3v) is 2.11. The molecule has 1 heterocycles. The van der Waals surface area contributed by atoms with Crippen LogP contribution in [0.4, 0.5) is 13.2 Å². The Morgan fingerprint density at radius 3 is 2.40 bits per heavy atom. The third-order valence-electron chi connectivity index (χ3n) is 1.77. The molecule has 3 nitrogen and oxygen atoms in total.